The van der Waals surface area contributed by atoms with Gasteiger partial charge < -0.3 is 19.4 Å². The lowest BCUT2D eigenvalue weighted by atomic mass is 10.0. The lowest BCUT2D eigenvalue weighted by molar-refractivity contribution is -0.187. The first-order chi connectivity index (χ1) is 17.4. The van der Waals surface area contributed by atoms with Gasteiger partial charge >= 0.3 is 6.03 Å². The highest BCUT2D eigenvalue weighted by Crippen LogP contribution is 2.29. The summed E-state index contributed by atoms with van der Waals surface area (Å²) in [6, 6.07) is 15.8. The molecule has 2 atom stereocenters. The van der Waals surface area contributed by atoms with Crippen LogP contribution >= 0.6 is 23.6 Å². The fourth-order valence-electron chi connectivity index (χ4n) is 4.67. The van der Waals surface area contributed by atoms with Crippen LogP contribution < -0.4 is 9.61 Å². The molecule has 4 amide bonds. The van der Waals surface area contributed by atoms with Crippen LogP contribution in [0.15, 0.2) is 54.6 Å². The zero-order valence-electron chi connectivity index (χ0n) is 20.3. The van der Waals surface area contributed by atoms with E-state index in [2.05, 4.69) is 5.32 Å². The van der Waals surface area contributed by atoms with E-state index < -0.39 is 12.2 Å². The zero-order chi connectivity index (χ0) is 25.7. The van der Waals surface area contributed by atoms with Crippen molar-refractivity contribution in [3.8, 4) is 5.75 Å². The van der Waals surface area contributed by atoms with Crippen LogP contribution in [0.4, 0.5) is 4.79 Å². The highest BCUT2D eigenvalue weighted by Gasteiger charge is 2.50. The minimum absolute atomic E-state index is 0.0260. The molecule has 2 aliphatic rings. The number of hydrazine groups is 1. The van der Waals surface area contributed by atoms with Crippen molar-refractivity contribution >= 4 is 41.5 Å². The first-order valence-corrected chi connectivity index (χ1v) is 13.4. The van der Waals surface area contributed by atoms with Crippen molar-refractivity contribution in [2.45, 2.75) is 31.7 Å². The molecule has 0 aliphatic carbocycles. The molecule has 9 nitrogen and oxygen atoms in total. The maximum atomic E-state index is 13.6. The molecule has 2 aliphatic heterocycles. The number of rotatable bonds is 8. The third-order valence-corrected chi connectivity index (χ3v) is 7.24. The molecule has 1 N–H and O–H groups in total. The highest BCUT2D eigenvalue weighted by atomic mass is 35.5. The molecule has 0 bridgehead atoms. The third-order valence-electron chi connectivity index (χ3n) is 6.42. The van der Waals surface area contributed by atoms with Crippen molar-refractivity contribution in [1.29, 1.82) is 0 Å². The first-order valence-electron chi connectivity index (χ1n) is 11.7. The molecule has 2 heterocycles. The normalized spacial score (nSPS) is 20.4. The topological polar surface area (TPSA) is 85.4 Å². The van der Waals surface area contributed by atoms with Gasteiger partial charge in [-0.3, -0.25) is 9.59 Å². The summed E-state index contributed by atoms with van der Waals surface area (Å²) in [5, 5.41) is 6.17. The number of hydrogen-bond acceptors (Lipinski definition) is 6. The molecule has 2 fully saturated rings. The molecule has 0 unspecified atom stereocenters. The number of carbonyl (C=O) groups is 3. The monoisotopic (exact) mass is 531 g/mol. The molecular weight excluding hydrogens is 502 g/mol. The van der Waals surface area contributed by atoms with E-state index in [0.717, 1.165) is 16.9 Å². The number of piperazine rings is 1. The van der Waals surface area contributed by atoms with E-state index in [0.29, 0.717) is 25.3 Å². The Morgan fingerprint density at radius 1 is 1.11 bits per heavy atom. The molecule has 0 spiro atoms. The average Bonchev–Trinajstić information content (AvgIpc) is 2.88. The lowest BCUT2D eigenvalue weighted by Gasteiger charge is -2.54. The van der Waals surface area contributed by atoms with Crippen LogP contribution in [0.3, 0.4) is 0 Å². The van der Waals surface area contributed by atoms with Crippen molar-refractivity contribution in [2.75, 3.05) is 32.1 Å². The summed E-state index contributed by atoms with van der Waals surface area (Å²) >= 11 is 7.05. The Hall–Kier alpha value is -2.95. The summed E-state index contributed by atoms with van der Waals surface area (Å²) in [6.07, 6.45) is 1.88. The zero-order valence-corrected chi connectivity index (χ0v) is 21.9. The van der Waals surface area contributed by atoms with Gasteiger partial charge in [-0.15, -0.1) is 0 Å². The Balaban J connectivity index is 1.59. The molecule has 0 saturated carbocycles. The number of thioether (sulfide) groups is 1. The van der Waals surface area contributed by atoms with Crippen molar-refractivity contribution < 1.29 is 18.7 Å². The number of benzene rings is 2. The summed E-state index contributed by atoms with van der Waals surface area (Å²) in [6.45, 7) is 0.937. The molecule has 0 aromatic heterocycles. The minimum atomic E-state index is -0.632. The molecule has 2 saturated heterocycles. The summed E-state index contributed by atoms with van der Waals surface area (Å²) in [7, 11) is 1.72. The number of urea groups is 1. The predicted octanol–water partition coefficient (Wildman–Crippen LogP) is 2.91. The lowest BCUT2D eigenvalue weighted by Crippen LogP contribution is -2.75. The molecule has 36 heavy (non-hydrogen) atoms. The van der Waals surface area contributed by atoms with Gasteiger partial charge in [0.2, 0.25) is 11.8 Å². The average molecular weight is 532 g/mol. The van der Waals surface area contributed by atoms with E-state index in [1.807, 2.05) is 48.7 Å². The first kappa shape index (κ1) is 26.1. The smallest absolute Gasteiger partial charge is 0.334 e. The van der Waals surface area contributed by atoms with Gasteiger partial charge in [-0.1, -0.05) is 42.5 Å². The summed E-state index contributed by atoms with van der Waals surface area (Å²) < 4.78 is 4.72. The van der Waals surface area contributed by atoms with E-state index in [1.165, 1.54) is 0 Å². The van der Waals surface area contributed by atoms with Gasteiger partial charge in [0.1, 0.15) is 29.8 Å². The number of likely N-dealkylation sites (N-methyl/N-ethyl adjacent to an activating group) is 1. The SMILES string of the molecule is CSCC[C@H]1C(=O)N(Cc2ccc(OCl)cc2)C[C@H]2N1C(=O)CN(C)N2C(=O)NCc1ccccc1. The Morgan fingerprint density at radius 2 is 1.83 bits per heavy atom. The number of nitrogens with one attached hydrogen (secondary N) is 1. The maximum Gasteiger partial charge on any atom is 0.334 e. The van der Waals surface area contributed by atoms with E-state index >= 15 is 0 Å². The van der Waals surface area contributed by atoms with Crippen LogP contribution in [0.5, 0.6) is 5.75 Å². The van der Waals surface area contributed by atoms with Crippen molar-refractivity contribution in [3.05, 3.63) is 65.7 Å². The quantitative estimate of drug-likeness (QED) is 0.564. The molecule has 192 valence electrons. The van der Waals surface area contributed by atoms with Crippen LogP contribution in [-0.2, 0) is 22.7 Å². The summed E-state index contributed by atoms with van der Waals surface area (Å²) in [4.78, 5) is 43.5. The second-order valence-corrected chi connectivity index (χ2v) is 9.96. The van der Waals surface area contributed by atoms with Crippen LogP contribution in [0.25, 0.3) is 0 Å². The number of nitrogens with zero attached hydrogens (tertiary/aromatic N) is 4. The Kier molecular flexibility index (Phi) is 8.60. The van der Waals surface area contributed by atoms with E-state index in [1.54, 1.807) is 50.8 Å². The van der Waals surface area contributed by atoms with Crippen molar-refractivity contribution in [3.63, 3.8) is 0 Å². The fraction of sp³-hybridized carbons (Fsp3) is 0.400. The minimum Gasteiger partial charge on any atom is -0.386 e. The molecule has 4 rings (SSSR count). The molecular formula is C25H30ClN5O4S. The second-order valence-electron chi connectivity index (χ2n) is 8.82. The van der Waals surface area contributed by atoms with Crippen LogP contribution in [0, 0.1) is 0 Å². The summed E-state index contributed by atoms with van der Waals surface area (Å²) in [5.41, 5.74) is 1.87. The van der Waals surface area contributed by atoms with Gasteiger partial charge in [0, 0.05) is 20.1 Å². The third kappa shape index (κ3) is 5.71. The fourth-order valence-corrected chi connectivity index (χ4v) is 5.24. The molecule has 11 heteroatoms. The van der Waals surface area contributed by atoms with E-state index in [-0.39, 0.29) is 30.9 Å². The molecule has 0 radical (unpaired) electrons. The van der Waals surface area contributed by atoms with Gasteiger partial charge in [-0.25, -0.2) is 14.8 Å². The number of fused-ring (bicyclic) bond motifs is 1. The number of carbonyl (C=O) groups excluding carboxylic acids is 3. The summed E-state index contributed by atoms with van der Waals surface area (Å²) in [5.74, 6) is 0.964. The largest absolute Gasteiger partial charge is 0.386 e. The number of hydrogen-bond donors (Lipinski definition) is 1. The second kappa shape index (κ2) is 11.9. The Bertz CT molecular complexity index is 1070. The van der Waals surface area contributed by atoms with E-state index in [4.69, 9.17) is 16.2 Å². The van der Waals surface area contributed by atoms with Gasteiger partial charge in [-0.05, 0) is 41.7 Å². The van der Waals surface area contributed by atoms with Crippen LogP contribution in [0.1, 0.15) is 17.5 Å². The predicted molar refractivity (Wildman–Crippen MR) is 139 cm³/mol. The van der Waals surface area contributed by atoms with Crippen LogP contribution in [0.2, 0.25) is 0 Å². The van der Waals surface area contributed by atoms with Gasteiger partial charge in [0.25, 0.3) is 0 Å². The highest BCUT2D eigenvalue weighted by molar-refractivity contribution is 7.98. The number of amides is 4. The maximum absolute atomic E-state index is 13.6. The standard InChI is InChI=1S/C25H30ClN5O4S/c1-28-17-23(32)30-21(12-13-36-2)24(33)29(15-19-8-10-20(35-26)11-9-19)16-22(30)31(28)25(34)27-14-18-6-4-3-5-7-18/h3-11,21-22H,12-17H2,1-2H3,(H,27,34)/t21-,22-/m0/s1. The Labute approximate surface area is 220 Å². The Morgan fingerprint density at radius 3 is 2.50 bits per heavy atom. The van der Waals surface area contributed by atoms with Crippen LogP contribution in [-0.4, -0.2) is 82.0 Å². The van der Waals surface area contributed by atoms with Crippen molar-refractivity contribution in [2.24, 2.45) is 0 Å². The number of halogens is 1. The molecule has 2 aromatic rings. The van der Waals surface area contributed by atoms with Crippen molar-refractivity contribution in [1.82, 2.24) is 25.1 Å². The van der Waals surface area contributed by atoms with Gasteiger partial charge in [0.15, 0.2) is 0 Å². The van der Waals surface area contributed by atoms with E-state index in [9.17, 15) is 14.4 Å². The van der Waals surface area contributed by atoms with Gasteiger partial charge in [0.05, 0.1) is 13.1 Å². The molecule has 2 aromatic carbocycles. The van der Waals surface area contributed by atoms with Gasteiger partial charge in [-0.2, -0.15) is 11.8 Å².